The Kier molecular flexibility index (Phi) is 4.57. The second kappa shape index (κ2) is 7.40. The van der Waals surface area contributed by atoms with Crippen LogP contribution in [0.2, 0.25) is 0 Å². The number of carbonyl (C=O) groups excluding carboxylic acids is 1. The maximum Gasteiger partial charge on any atom is 0.216 e. The Morgan fingerprint density at radius 3 is 2.67 bits per heavy atom. The van der Waals surface area contributed by atoms with Crippen LogP contribution < -0.4 is 9.80 Å². The number of carbonyl (C=O) groups is 1. The van der Waals surface area contributed by atoms with Gasteiger partial charge in [-0.15, -0.1) is 0 Å². The number of rotatable bonds is 4. The van der Waals surface area contributed by atoms with E-state index in [-0.39, 0.29) is 12.0 Å². The largest absolute Gasteiger partial charge is 0.370 e. The Balaban J connectivity index is 1.42. The molecule has 30 heavy (non-hydrogen) atoms. The molecule has 0 radical (unpaired) electrons. The molecule has 3 aromatic heterocycles. The number of anilines is 2. The van der Waals surface area contributed by atoms with Crippen molar-refractivity contribution in [1.82, 2.24) is 24.9 Å². The highest BCUT2D eigenvalue weighted by Gasteiger charge is 2.30. The van der Waals surface area contributed by atoms with Crippen molar-refractivity contribution in [1.29, 1.82) is 0 Å². The molecule has 2 aliphatic rings. The summed E-state index contributed by atoms with van der Waals surface area (Å²) >= 11 is 0. The highest BCUT2D eigenvalue weighted by Crippen LogP contribution is 2.34. The third-order valence-electron chi connectivity index (χ3n) is 5.70. The van der Waals surface area contributed by atoms with E-state index in [4.69, 9.17) is 0 Å². The van der Waals surface area contributed by atoms with Crippen molar-refractivity contribution in [2.75, 3.05) is 29.4 Å². The van der Waals surface area contributed by atoms with Gasteiger partial charge in [0.05, 0.1) is 11.7 Å². The zero-order valence-corrected chi connectivity index (χ0v) is 16.4. The van der Waals surface area contributed by atoms with E-state index in [1.54, 1.807) is 24.7 Å². The minimum Gasteiger partial charge on any atom is -0.370 e. The van der Waals surface area contributed by atoms with Crippen LogP contribution in [0.15, 0.2) is 36.8 Å². The molecule has 5 heterocycles. The van der Waals surface area contributed by atoms with Crippen molar-refractivity contribution in [3.8, 4) is 11.6 Å². The van der Waals surface area contributed by atoms with Gasteiger partial charge in [-0.2, -0.15) is 4.39 Å². The van der Waals surface area contributed by atoms with E-state index in [0.717, 1.165) is 23.2 Å². The van der Waals surface area contributed by atoms with Crippen LogP contribution >= 0.6 is 0 Å². The molecule has 0 spiro atoms. The van der Waals surface area contributed by atoms with E-state index >= 15 is 0 Å². The first-order chi connectivity index (χ1) is 14.6. The Labute approximate surface area is 172 Å². The molecule has 5 rings (SSSR count). The molecule has 0 amide bonds. The predicted octanol–water partition coefficient (Wildman–Crippen LogP) is 2.23. The molecule has 0 bridgehead atoms. The summed E-state index contributed by atoms with van der Waals surface area (Å²) in [5.74, 6) is 1.07. The molecule has 0 aromatic carbocycles. The normalized spacial score (nSPS) is 18.7. The van der Waals surface area contributed by atoms with Gasteiger partial charge < -0.3 is 14.6 Å². The van der Waals surface area contributed by atoms with Crippen LogP contribution in [-0.4, -0.2) is 50.8 Å². The van der Waals surface area contributed by atoms with Gasteiger partial charge in [-0.05, 0) is 13.0 Å². The third kappa shape index (κ3) is 3.26. The number of halogens is 1. The molecular weight excluding hydrogens is 385 g/mol. The molecule has 1 saturated heterocycles. The van der Waals surface area contributed by atoms with Gasteiger partial charge in [-0.25, -0.2) is 24.9 Å². The zero-order chi connectivity index (χ0) is 20.7. The van der Waals surface area contributed by atoms with Crippen LogP contribution in [0.4, 0.5) is 15.9 Å². The highest BCUT2D eigenvalue weighted by atomic mass is 19.1. The number of aromatic nitrogens is 5. The van der Waals surface area contributed by atoms with Crippen LogP contribution in [0, 0.1) is 11.9 Å². The number of fused-ring (bicyclic) bond motifs is 1. The lowest BCUT2D eigenvalue weighted by Crippen LogP contribution is -2.47. The van der Waals surface area contributed by atoms with E-state index in [1.165, 1.54) is 6.07 Å². The number of nitrogens with zero attached hydrogens (tertiary/aromatic N) is 7. The number of hydrogen-bond donors (Lipinski definition) is 0. The van der Waals surface area contributed by atoms with Crippen molar-refractivity contribution >= 4 is 17.8 Å². The van der Waals surface area contributed by atoms with Gasteiger partial charge in [0.2, 0.25) is 5.95 Å². The molecule has 9 heteroatoms. The van der Waals surface area contributed by atoms with E-state index in [9.17, 15) is 9.18 Å². The molecule has 152 valence electrons. The van der Waals surface area contributed by atoms with Crippen molar-refractivity contribution in [3.05, 3.63) is 54.0 Å². The Bertz CT molecular complexity index is 1090. The van der Waals surface area contributed by atoms with Gasteiger partial charge in [0.15, 0.2) is 11.6 Å². The van der Waals surface area contributed by atoms with E-state index < -0.39 is 5.95 Å². The van der Waals surface area contributed by atoms with Crippen LogP contribution in [0.25, 0.3) is 11.6 Å². The standard InChI is InChI=1S/C21H20FN7O/c1-13-16-9-25-21(20-23-4-2-5-24-20)26-17(16)3-6-29(13)19-8-15(7-18(22)27-19)28-10-14(11-28)12-30/h2,4-5,7-9,12-14H,3,6,10-11H2,1H3. The van der Waals surface area contributed by atoms with Crippen LogP contribution in [0.3, 0.4) is 0 Å². The summed E-state index contributed by atoms with van der Waals surface area (Å²) in [4.78, 5) is 36.6. The van der Waals surface area contributed by atoms with Gasteiger partial charge in [0, 0.05) is 73.9 Å². The lowest BCUT2D eigenvalue weighted by Gasteiger charge is -2.39. The van der Waals surface area contributed by atoms with Crippen LogP contribution in [0.5, 0.6) is 0 Å². The second-order valence-electron chi connectivity index (χ2n) is 7.59. The molecule has 3 aromatic rings. The Hall–Kier alpha value is -3.49. The lowest BCUT2D eigenvalue weighted by atomic mass is 9.99. The van der Waals surface area contributed by atoms with Gasteiger partial charge in [0.1, 0.15) is 12.1 Å². The summed E-state index contributed by atoms with van der Waals surface area (Å²) in [7, 11) is 0. The van der Waals surface area contributed by atoms with Gasteiger partial charge in [0.25, 0.3) is 0 Å². The van der Waals surface area contributed by atoms with Crippen LogP contribution in [0.1, 0.15) is 24.2 Å². The van der Waals surface area contributed by atoms with Crippen molar-refractivity contribution in [2.45, 2.75) is 19.4 Å². The first-order valence-corrected chi connectivity index (χ1v) is 9.90. The number of pyridine rings is 1. The predicted molar refractivity (Wildman–Crippen MR) is 108 cm³/mol. The third-order valence-corrected chi connectivity index (χ3v) is 5.70. The molecule has 0 N–H and O–H groups in total. The molecule has 1 fully saturated rings. The van der Waals surface area contributed by atoms with Crippen LogP contribution in [-0.2, 0) is 11.2 Å². The average Bonchev–Trinajstić information content (AvgIpc) is 2.73. The summed E-state index contributed by atoms with van der Waals surface area (Å²) in [6, 6.07) is 5.00. The topological polar surface area (TPSA) is 88.0 Å². The summed E-state index contributed by atoms with van der Waals surface area (Å²) in [6.45, 7) is 3.93. The molecular formula is C21H20FN7O. The zero-order valence-electron chi connectivity index (χ0n) is 16.4. The maximum absolute atomic E-state index is 14.3. The SMILES string of the molecule is CC1c2cnc(-c3ncccn3)nc2CCN1c1cc(N2CC(C=O)C2)cc(F)n1. The quantitative estimate of drug-likeness (QED) is 0.482. The van der Waals surface area contributed by atoms with E-state index in [2.05, 4.69) is 29.8 Å². The van der Waals surface area contributed by atoms with E-state index in [1.807, 2.05) is 17.9 Å². The van der Waals surface area contributed by atoms with Crippen molar-refractivity contribution in [2.24, 2.45) is 5.92 Å². The number of hydrogen-bond acceptors (Lipinski definition) is 8. The second-order valence-corrected chi connectivity index (χ2v) is 7.59. The molecule has 0 aliphatic carbocycles. The summed E-state index contributed by atoms with van der Waals surface area (Å²) in [5.41, 5.74) is 2.68. The Morgan fingerprint density at radius 1 is 1.10 bits per heavy atom. The molecule has 0 saturated carbocycles. The lowest BCUT2D eigenvalue weighted by molar-refractivity contribution is -0.111. The molecule has 1 atom stereocenters. The van der Waals surface area contributed by atoms with E-state index in [0.29, 0.717) is 43.5 Å². The first-order valence-electron chi connectivity index (χ1n) is 9.90. The molecule has 8 nitrogen and oxygen atoms in total. The summed E-state index contributed by atoms with van der Waals surface area (Å²) < 4.78 is 14.3. The number of aldehydes is 1. The summed E-state index contributed by atoms with van der Waals surface area (Å²) in [5, 5.41) is 0. The average molecular weight is 405 g/mol. The first kappa shape index (κ1) is 18.5. The smallest absolute Gasteiger partial charge is 0.216 e. The van der Waals surface area contributed by atoms with Gasteiger partial charge in [-0.1, -0.05) is 0 Å². The van der Waals surface area contributed by atoms with Gasteiger partial charge in [-0.3, -0.25) is 0 Å². The van der Waals surface area contributed by atoms with Crippen molar-refractivity contribution < 1.29 is 9.18 Å². The minimum atomic E-state index is -0.525. The molecule has 1 unspecified atom stereocenters. The molecule has 2 aliphatic heterocycles. The van der Waals surface area contributed by atoms with Crippen molar-refractivity contribution in [3.63, 3.8) is 0 Å². The summed E-state index contributed by atoms with van der Waals surface area (Å²) in [6.07, 6.45) is 6.77. The fourth-order valence-corrected chi connectivity index (χ4v) is 4.01. The monoisotopic (exact) mass is 405 g/mol. The van der Waals surface area contributed by atoms with Gasteiger partial charge >= 0.3 is 0 Å². The fraction of sp³-hybridized carbons (Fsp3) is 0.333. The minimum absolute atomic E-state index is 0.0189. The fourth-order valence-electron chi connectivity index (χ4n) is 4.01. The Morgan fingerprint density at radius 2 is 1.90 bits per heavy atom. The maximum atomic E-state index is 14.3. The highest BCUT2D eigenvalue weighted by molar-refractivity contribution is 5.64.